The smallest absolute Gasteiger partial charge is 0.321 e. The Morgan fingerprint density at radius 3 is 2.37 bits per heavy atom. The third kappa shape index (κ3) is 7.78. The Balaban J connectivity index is 1.38. The maximum atomic E-state index is 13.7. The first kappa shape index (κ1) is 31.1. The van der Waals surface area contributed by atoms with Crippen molar-refractivity contribution in [1.82, 2.24) is 14.6 Å². The zero-order valence-corrected chi connectivity index (χ0v) is 25.3. The van der Waals surface area contributed by atoms with Gasteiger partial charge in [0.05, 0.1) is 22.9 Å². The largest absolute Gasteiger partial charge is 0.465 e. The van der Waals surface area contributed by atoms with Gasteiger partial charge in [0.1, 0.15) is 12.4 Å². The van der Waals surface area contributed by atoms with Crippen molar-refractivity contribution in [2.45, 2.75) is 56.4 Å². The molecule has 2 aliphatic heterocycles. The molecule has 3 heterocycles. The van der Waals surface area contributed by atoms with Crippen LogP contribution >= 0.6 is 0 Å². The second kappa shape index (κ2) is 12.7. The Kier molecular flexibility index (Phi) is 9.18. The van der Waals surface area contributed by atoms with Crippen molar-refractivity contribution in [3.05, 3.63) is 41.6 Å². The molecule has 1 saturated carbocycles. The van der Waals surface area contributed by atoms with Crippen molar-refractivity contribution in [1.29, 1.82) is 0 Å². The van der Waals surface area contributed by atoms with Crippen LogP contribution in [0.3, 0.4) is 0 Å². The molecule has 14 heteroatoms. The molecule has 0 atom stereocenters. The normalized spacial score (nSPS) is 19.3. The van der Waals surface area contributed by atoms with E-state index in [9.17, 15) is 26.8 Å². The summed E-state index contributed by atoms with van der Waals surface area (Å²) in [6.45, 7) is 6.23. The van der Waals surface area contributed by atoms with Crippen molar-refractivity contribution in [3.8, 4) is 0 Å². The molecule has 1 aromatic heterocycles. The van der Waals surface area contributed by atoms with Crippen molar-refractivity contribution in [3.63, 3.8) is 0 Å². The summed E-state index contributed by atoms with van der Waals surface area (Å²) < 4.78 is 60.6. The fourth-order valence-electron chi connectivity index (χ4n) is 5.46. The number of carbonyl (C=O) groups is 2. The molecule has 11 nitrogen and oxygen atoms in total. The lowest BCUT2D eigenvalue weighted by atomic mass is 10.1. The van der Waals surface area contributed by atoms with Gasteiger partial charge in [-0.05, 0) is 57.0 Å². The molecule has 1 aromatic carbocycles. The van der Waals surface area contributed by atoms with E-state index in [1.807, 2.05) is 0 Å². The highest BCUT2D eigenvalue weighted by Crippen LogP contribution is 2.34. The van der Waals surface area contributed by atoms with Crippen LogP contribution in [0.5, 0.6) is 0 Å². The average molecular weight is 621 g/mol. The first-order valence-corrected chi connectivity index (χ1v) is 16.1. The first-order chi connectivity index (χ1) is 20.4. The predicted molar refractivity (Wildman–Crippen MR) is 158 cm³/mol. The number of piperazine rings is 1. The van der Waals surface area contributed by atoms with E-state index in [1.54, 1.807) is 36.9 Å². The molecule has 0 radical (unpaired) electrons. The molecule has 0 unspecified atom stereocenters. The van der Waals surface area contributed by atoms with Gasteiger partial charge in [-0.3, -0.25) is 14.5 Å². The molecule has 2 N–H and O–H groups in total. The van der Waals surface area contributed by atoms with Gasteiger partial charge in [-0.2, -0.15) is 4.72 Å². The molecule has 1 aliphatic carbocycles. The monoisotopic (exact) mass is 620 g/mol. The van der Waals surface area contributed by atoms with E-state index in [4.69, 9.17) is 4.74 Å². The molecule has 5 rings (SSSR count). The lowest BCUT2D eigenvalue weighted by Crippen LogP contribution is -2.47. The Morgan fingerprint density at radius 1 is 1.02 bits per heavy atom. The number of benzene rings is 1. The Labute approximate surface area is 250 Å². The van der Waals surface area contributed by atoms with Crippen LogP contribution in [0.15, 0.2) is 35.2 Å². The SMILES string of the molecule is CCOC(=O)CNS(=O)(=O)c1ccc(NC(=O)c2cc(C)nc(N3CCC(F)(F)CC3)c2)c(N2CCN(C3CC3)CC2)c1. The second-order valence-electron chi connectivity index (χ2n) is 11.2. The van der Waals surface area contributed by atoms with Gasteiger partial charge in [-0.25, -0.2) is 22.2 Å². The zero-order valence-electron chi connectivity index (χ0n) is 24.4. The number of halogens is 2. The summed E-state index contributed by atoms with van der Waals surface area (Å²) in [6, 6.07) is 8.26. The number of aromatic nitrogens is 1. The molecule has 0 spiro atoms. The fraction of sp³-hybridized carbons (Fsp3) is 0.552. The quantitative estimate of drug-likeness (QED) is 0.386. The Hall–Kier alpha value is -3.36. The molecule has 3 aliphatic rings. The van der Waals surface area contributed by atoms with E-state index in [2.05, 4.69) is 24.8 Å². The number of anilines is 3. The van der Waals surface area contributed by atoms with Gasteiger partial charge in [-0.15, -0.1) is 0 Å². The predicted octanol–water partition coefficient (Wildman–Crippen LogP) is 3.00. The van der Waals surface area contributed by atoms with Crippen molar-refractivity contribution < 1.29 is 31.5 Å². The number of alkyl halides is 2. The number of pyridine rings is 1. The highest BCUT2D eigenvalue weighted by Gasteiger charge is 2.35. The molecule has 0 bridgehead atoms. The fourth-order valence-corrected chi connectivity index (χ4v) is 6.45. The van der Waals surface area contributed by atoms with E-state index < -0.39 is 34.4 Å². The van der Waals surface area contributed by atoms with Gasteiger partial charge in [-0.1, -0.05) is 0 Å². The minimum absolute atomic E-state index is 0.0432. The standard InChI is InChI=1S/C29H38F2N6O5S/c1-3-42-27(38)19-32-43(40,41)23-6-7-24(25(18-23)36-14-12-35(13-15-36)22-4-5-22)34-28(39)21-16-20(2)33-26(17-21)37-10-8-29(30,31)9-11-37/h6-7,16-18,22,32H,3-5,8-15,19H2,1-2H3,(H,34,39). The zero-order chi connectivity index (χ0) is 30.8. The van der Waals surface area contributed by atoms with Crippen molar-refractivity contribution in [2.75, 3.05) is 67.5 Å². The topological polar surface area (TPSA) is 124 Å². The Bertz CT molecular complexity index is 1450. The molecular formula is C29H38F2N6O5S. The molecule has 3 fully saturated rings. The van der Waals surface area contributed by atoms with Crippen LogP contribution in [0.2, 0.25) is 0 Å². The van der Waals surface area contributed by atoms with Gasteiger partial charge >= 0.3 is 5.97 Å². The summed E-state index contributed by atoms with van der Waals surface area (Å²) in [5.74, 6) is -3.35. The van der Waals surface area contributed by atoms with Crippen molar-refractivity contribution in [2.24, 2.45) is 0 Å². The van der Waals surface area contributed by atoms with Gasteiger partial charge in [0.2, 0.25) is 10.0 Å². The lowest BCUT2D eigenvalue weighted by molar-refractivity contribution is -0.141. The number of piperidine rings is 1. The van der Waals surface area contributed by atoms with Gasteiger partial charge in [0.15, 0.2) is 0 Å². The molecule has 1 amide bonds. The van der Waals surface area contributed by atoms with Gasteiger partial charge < -0.3 is 19.9 Å². The van der Waals surface area contributed by atoms with E-state index in [-0.39, 0.29) is 37.4 Å². The van der Waals surface area contributed by atoms with Crippen molar-refractivity contribution >= 4 is 39.1 Å². The van der Waals surface area contributed by atoms with Crippen LogP contribution in [0.4, 0.5) is 26.0 Å². The van der Waals surface area contributed by atoms with Crippen LogP contribution in [0, 0.1) is 6.92 Å². The molecular weight excluding hydrogens is 582 g/mol. The van der Waals surface area contributed by atoms with Crippen LogP contribution in [0.1, 0.15) is 48.7 Å². The minimum Gasteiger partial charge on any atom is -0.465 e. The highest BCUT2D eigenvalue weighted by molar-refractivity contribution is 7.89. The number of hydrogen-bond acceptors (Lipinski definition) is 9. The van der Waals surface area contributed by atoms with Crippen LogP contribution < -0.4 is 19.8 Å². The van der Waals surface area contributed by atoms with Crippen LogP contribution in [-0.2, 0) is 19.6 Å². The summed E-state index contributed by atoms with van der Waals surface area (Å²) >= 11 is 0. The van der Waals surface area contributed by atoms with E-state index in [0.717, 1.165) is 13.1 Å². The summed E-state index contributed by atoms with van der Waals surface area (Å²) in [6.07, 6.45) is 1.83. The number of esters is 1. The first-order valence-electron chi connectivity index (χ1n) is 14.7. The summed E-state index contributed by atoms with van der Waals surface area (Å²) in [5.41, 5.74) is 1.87. The summed E-state index contributed by atoms with van der Waals surface area (Å²) in [7, 11) is -4.05. The number of carbonyl (C=O) groups excluding carboxylic acids is 2. The molecule has 2 aromatic rings. The number of hydrogen-bond donors (Lipinski definition) is 2. The van der Waals surface area contributed by atoms with E-state index in [0.29, 0.717) is 47.6 Å². The van der Waals surface area contributed by atoms with E-state index >= 15 is 0 Å². The molecule has 234 valence electrons. The molecule has 2 saturated heterocycles. The number of nitrogens with zero attached hydrogens (tertiary/aromatic N) is 4. The van der Waals surface area contributed by atoms with Crippen LogP contribution in [-0.4, -0.2) is 94.6 Å². The number of sulfonamides is 1. The summed E-state index contributed by atoms with van der Waals surface area (Å²) in [5, 5.41) is 2.94. The van der Waals surface area contributed by atoms with Crippen LogP contribution in [0.25, 0.3) is 0 Å². The number of rotatable bonds is 10. The Morgan fingerprint density at radius 2 is 1.72 bits per heavy atom. The van der Waals surface area contributed by atoms with Gasteiger partial charge in [0.25, 0.3) is 11.8 Å². The summed E-state index contributed by atoms with van der Waals surface area (Å²) in [4.78, 5) is 36.0. The average Bonchev–Trinajstić information content (AvgIpc) is 3.82. The number of nitrogens with one attached hydrogen (secondary N) is 2. The lowest BCUT2D eigenvalue weighted by Gasteiger charge is -2.37. The number of aryl methyl sites for hydroxylation is 1. The third-order valence-electron chi connectivity index (χ3n) is 7.98. The number of ether oxygens (including phenoxy) is 1. The minimum atomic E-state index is -4.05. The highest BCUT2D eigenvalue weighted by atomic mass is 32.2. The maximum absolute atomic E-state index is 13.7. The van der Waals surface area contributed by atoms with E-state index in [1.165, 1.54) is 25.0 Å². The maximum Gasteiger partial charge on any atom is 0.321 e. The van der Waals surface area contributed by atoms with Gasteiger partial charge in [0, 0.05) is 69.4 Å². The third-order valence-corrected chi connectivity index (χ3v) is 9.38. The number of amides is 1. The molecule has 43 heavy (non-hydrogen) atoms. The second-order valence-corrected chi connectivity index (χ2v) is 13.0.